The van der Waals surface area contributed by atoms with Gasteiger partial charge in [0.15, 0.2) is 5.82 Å². The molecule has 1 aliphatic rings. The highest BCUT2D eigenvalue weighted by Gasteiger charge is 2.32. The lowest BCUT2D eigenvalue weighted by atomic mass is 9.96. The number of thiophene rings is 1. The number of rotatable bonds is 5. The summed E-state index contributed by atoms with van der Waals surface area (Å²) in [5, 5.41) is 31.3. The van der Waals surface area contributed by atoms with Crippen LogP contribution in [0.15, 0.2) is 47.5 Å². The van der Waals surface area contributed by atoms with Crippen molar-refractivity contribution in [3.8, 4) is 22.2 Å². The molecule has 0 unspecified atom stereocenters. The summed E-state index contributed by atoms with van der Waals surface area (Å²) >= 11 is 1.61. The predicted molar refractivity (Wildman–Crippen MR) is 145 cm³/mol. The fourth-order valence-corrected chi connectivity index (χ4v) is 5.84. The van der Waals surface area contributed by atoms with Gasteiger partial charge in [-0.05, 0) is 49.6 Å². The van der Waals surface area contributed by atoms with Gasteiger partial charge in [-0.15, -0.1) is 21.5 Å². The fraction of sp³-hybridized carbons (Fsp3) is 0.214. The van der Waals surface area contributed by atoms with Crippen molar-refractivity contribution >= 4 is 34.6 Å². The van der Waals surface area contributed by atoms with Crippen LogP contribution in [0.2, 0.25) is 0 Å². The lowest BCUT2D eigenvalue weighted by Crippen LogP contribution is -2.10. The van der Waals surface area contributed by atoms with E-state index in [0.29, 0.717) is 28.6 Å². The maximum atomic E-state index is 11.7. The molecule has 1 atom stereocenters. The number of aliphatic imine (C=N–C) groups is 1. The van der Waals surface area contributed by atoms with Gasteiger partial charge in [0, 0.05) is 22.9 Å². The molecule has 9 nitrogen and oxygen atoms in total. The summed E-state index contributed by atoms with van der Waals surface area (Å²) in [6.07, 6.45) is -0.204. The van der Waals surface area contributed by atoms with E-state index in [1.807, 2.05) is 48.7 Å². The van der Waals surface area contributed by atoms with Crippen LogP contribution >= 0.6 is 11.3 Å². The predicted octanol–water partition coefficient (Wildman–Crippen LogP) is 5.12. The smallest absolute Gasteiger partial charge is 0.306 e. The number of aliphatic carboxylic acids is 1. The van der Waals surface area contributed by atoms with Crippen LogP contribution in [0.5, 0.6) is 0 Å². The number of carbonyl (C=O) groups is 2. The van der Waals surface area contributed by atoms with E-state index in [4.69, 9.17) is 4.99 Å². The van der Waals surface area contributed by atoms with E-state index in [1.54, 1.807) is 23.5 Å². The number of nitrogens with one attached hydrogen (secondary N) is 1. The number of nitriles is 1. The summed E-state index contributed by atoms with van der Waals surface area (Å²) in [7, 11) is 0. The van der Waals surface area contributed by atoms with Crippen LogP contribution in [0.3, 0.4) is 0 Å². The Labute approximate surface area is 223 Å². The van der Waals surface area contributed by atoms with Gasteiger partial charge >= 0.3 is 5.97 Å². The Hall–Kier alpha value is -4.62. The van der Waals surface area contributed by atoms with Crippen molar-refractivity contribution in [2.24, 2.45) is 4.99 Å². The first-order chi connectivity index (χ1) is 18.2. The minimum atomic E-state index is -0.963. The van der Waals surface area contributed by atoms with Crippen molar-refractivity contribution in [3.05, 3.63) is 81.2 Å². The van der Waals surface area contributed by atoms with Gasteiger partial charge in [0.1, 0.15) is 22.9 Å². The molecule has 0 bridgehead atoms. The zero-order valence-electron chi connectivity index (χ0n) is 21.2. The van der Waals surface area contributed by atoms with Gasteiger partial charge in [-0.1, -0.05) is 30.3 Å². The molecule has 2 aromatic heterocycles. The Morgan fingerprint density at radius 2 is 1.76 bits per heavy atom. The molecule has 0 radical (unpaired) electrons. The average molecular weight is 525 g/mol. The maximum Gasteiger partial charge on any atom is 0.306 e. The molecule has 0 fully saturated rings. The Morgan fingerprint density at radius 1 is 1.08 bits per heavy atom. The van der Waals surface area contributed by atoms with Crippen molar-refractivity contribution in [1.29, 1.82) is 5.26 Å². The Bertz CT molecular complexity index is 1670. The monoisotopic (exact) mass is 524 g/mol. The third kappa shape index (κ3) is 4.37. The van der Waals surface area contributed by atoms with Crippen LogP contribution in [0.1, 0.15) is 58.2 Å². The maximum absolute atomic E-state index is 11.7. The number of carboxylic acids is 1. The van der Waals surface area contributed by atoms with E-state index in [0.717, 1.165) is 37.7 Å². The van der Waals surface area contributed by atoms with Gasteiger partial charge < -0.3 is 10.4 Å². The molecule has 0 spiro atoms. The molecule has 2 N–H and O–H groups in total. The molecule has 38 heavy (non-hydrogen) atoms. The van der Waals surface area contributed by atoms with Crippen LogP contribution in [-0.2, 0) is 9.59 Å². The molecule has 3 heterocycles. The summed E-state index contributed by atoms with van der Waals surface area (Å²) in [6, 6.07) is 14.6. The Balaban J connectivity index is 1.61. The third-order valence-electron chi connectivity index (χ3n) is 6.55. The minimum absolute atomic E-state index is 0.204. The first-order valence-corrected chi connectivity index (χ1v) is 12.7. The van der Waals surface area contributed by atoms with E-state index >= 15 is 0 Å². The molecule has 10 heteroatoms. The summed E-state index contributed by atoms with van der Waals surface area (Å²) in [5.41, 5.74) is 6.15. The SMILES string of the molecule is CC(=O)Nc1ccc(-c2ccc(C3=N[C@@H](CC(=O)O)c4nnc(C)n4-c4sc(C)c(C)c43)cc2)cc1C#N. The number of aryl methyl sites for hydroxylation is 2. The van der Waals surface area contributed by atoms with Crippen LogP contribution in [-0.4, -0.2) is 37.5 Å². The van der Waals surface area contributed by atoms with Crippen molar-refractivity contribution in [2.75, 3.05) is 5.32 Å². The van der Waals surface area contributed by atoms with Crippen molar-refractivity contribution in [3.63, 3.8) is 0 Å². The average Bonchev–Trinajstić information content (AvgIpc) is 3.36. The van der Waals surface area contributed by atoms with Gasteiger partial charge in [-0.3, -0.25) is 19.1 Å². The highest BCUT2D eigenvalue weighted by Crippen LogP contribution is 2.39. The number of carbonyl (C=O) groups excluding carboxylic acids is 1. The number of carboxylic acid groups (broad SMARTS) is 1. The third-order valence-corrected chi connectivity index (χ3v) is 7.74. The number of amides is 1. The van der Waals surface area contributed by atoms with Gasteiger partial charge in [0.2, 0.25) is 5.91 Å². The second kappa shape index (κ2) is 9.68. The van der Waals surface area contributed by atoms with Crippen molar-refractivity contribution < 1.29 is 14.7 Å². The molecule has 190 valence electrons. The minimum Gasteiger partial charge on any atom is -0.481 e. The van der Waals surface area contributed by atoms with Gasteiger partial charge in [-0.25, -0.2) is 0 Å². The first kappa shape index (κ1) is 25.0. The molecular weight excluding hydrogens is 500 g/mol. The molecule has 0 saturated carbocycles. The van der Waals surface area contributed by atoms with Crippen LogP contribution in [0.4, 0.5) is 5.69 Å². The molecule has 1 aliphatic heterocycles. The molecule has 0 aliphatic carbocycles. The second-order valence-electron chi connectivity index (χ2n) is 9.13. The fourth-order valence-electron chi connectivity index (χ4n) is 4.63. The highest BCUT2D eigenvalue weighted by molar-refractivity contribution is 7.15. The summed E-state index contributed by atoms with van der Waals surface area (Å²) in [5.74, 6) is -0.00646. The molecule has 4 aromatic rings. The summed E-state index contributed by atoms with van der Waals surface area (Å²) in [6.45, 7) is 7.36. The van der Waals surface area contributed by atoms with Gasteiger partial charge in [0.05, 0.1) is 23.4 Å². The lowest BCUT2D eigenvalue weighted by Gasteiger charge is -2.12. The zero-order valence-corrected chi connectivity index (χ0v) is 22.1. The van der Waals surface area contributed by atoms with E-state index in [-0.39, 0.29) is 12.3 Å². The standard InChI is InChI=1S/C28H24N6O3S/c1-14-15(2)38-28-25(14)26(31-23(12-24(36)37)27-33-32-16(3)34(27)28)19-7-5-18(6-8-19)20-9-10-22(30-17(4)35)21(11-20)13-29/h5-11,23H,12H2,1-4H3,(H,30,35)(H,36,37)/t23-/m0/s1. The molecular formula is C28H24N6O3S. The van der Waals surface area contributed by atoms with Crippen molar-refractivity contribution in [1.82, 2.24) is 14.8 Å². The number of anilines is 1. The first-order valence-electron chi connectivity index (χ1n) is 11.9. The van der Waals surface area contributed by atoms with E-state index in [2.05, 4.69) is 28.5 Å². The normalized spacial score (nSPS) is 14.1. The largest absolute Gasteiger partial charge is 0.481 e. The topological polar surface area (TPSA) is 133 Å². The number of hydrogen-bond donors (Lipinski definition) is 2. The Morgan fingerprint density at radius 3 is 2.42 bits per heavy atom. The number of hydrogen-bond acceptors (Lipinski definition) is 7. The quantitative estimate of drug-likeness (QED) is 0.372. The van der Waals surface area contributed by atoms with Crippen LogP contribution in [0, 0.1) is 32.1 Å². The van der Waals surface area contributed by atoms with Gasteiger partial charge in [-0.2, -0.15) is 5.26 Å². The number of benzene rings is 2. The second-order valence-corrected chi connectivity index (χ2v) is 10.3. The molecule has 2 aromatic carbocycles. The van der Waals surface area contributed by atoms with E-state index in [1.165, 1.54) is 6.92 Å². The number of fused-ring (bicyclic) bond motifs is 3. The summed E-state index contributed by atoms with van der Waals surface area (Å²) < 4.78 is 1.93. The van der Waals surface area contributed by atoms with E-state index < -0.39 is 12.0 Å². The zero-order chi connectivity index (χ0) is 27.1. The molecule has 0 saturated heterocycles. The lowest BCUT2D eigenvalue weighted by molar-refractivity contribution is -0.137. The highest BCUT2D eigenvalue weighted by atomic mass is 32.1. The Kier molecular flexibility index (Phi) is 6.38. The van der Waals surface area contributed by atoms with Crippen LogP contribution < -0.4 is 5.32 Å². The molecule has 1 amide bonds. The summed E-state index contributed by atoms with van der Waals surface area (Å²) in [4.78, 5) is 29.3. The van der Waals surface area contributed by atoms with Gasteiger partial charge in [0.25, 0.3) is 0 Å². The molecule has 5 rings (SSSR count). The number of aromatic nitrogens is 3. The number of nitrogens with zero attached hydrogens (tertiary/aromatic N) is 5. The van der Waals surface area contributed by atoms with Crippen molar-refractivity contribution in [2.45, 2.75) is 40.2 Å². The van der Waals surface area contributed by atoms with E-state index in [9.17, 15) is 20.0 Å². The van der Waals surface area contributed by atoms with Crippen LogP contribution in [0.25, 0.3) is 16.1 Å².